The Labute approximate surface area is 219 Å². The number of carbonyl (C=O) groups is 1. The number of halogens is 1. The number of hydrogen-bond acceptors (Lipinski definition) is 5. The molecule has 2 saturated heterocycles. The van der Waals surface area contributed by atoms with Crippen LogP contribution in [0.1, 0.15) is 36.0 Å². The van der Waals surface area contributed by atoms with Crippen molar-refractivity contribution in [3.63, 3.8) is 0 Å². The van der Waals surface area contributed by atoms with Crippen LogP contribution in [0.15, 0.2) is 37.4 Å². The molecule has 9 heteroatoms. The van der Waals surface area contributed by atoms with Gasteiger partial charge in [-0.3, -0.25) is 4.79 Å². The topological polar surface area (TPSA) is 74.1 Å². The molecule has 1 aromatic rings. The fourth-order valence-corrected chi connectivity index (χ4v) is 5.35. The number of amides is 1. The molecule has 3 N–H and O–H groups in total. The number of rotatable bonds is 9. The molecule has 2 aliphatic heterocycles. The maximum Gasteiger partial charge on any atom is 0.255 e. The van der Waals surface area contributed by atoms with E-state index in [0.29, 0.717) is 27.9 Å². The van der Waals surface area contributed by atoms with Gasteiger partial charge >= 0.3 is 0 Å². The molecule has 0 spiro atoms. The molecule has 2 aliphatic rings. The van der Waals surface area contributed by atoms with E-state index < -0.39 is 0 Å². The summed E-state index contributed by atoms with van der Waals surface area (Å²) in [5.74, 6) is 0.936. The fourth-order valence-electron chi connectivity index (χ4n) is 4.85. The van der Waals surface area contributed by atoms with Crippen LogP contribution in [0.3, 0.4) is 0 Å². The number of thiocarbonyl (C=S) groups is 1. The Balaban J connectivity index is 1.42. The average Bonchev–Trinajstić information content (AvgIpc) is 2.86. The minimum atomic E-state index is -0.174. The molecule has 0 unspecified atom stereocenters. The summed E-state index contributed by atoms with van der Waals surface area (Å²) in [5.41, 5.74) is 6.64. The number of nitrogens with one attached hydrogen (secondary N) is 1. The van der Waals surface area contributed by atoms with Crippen molar-refractivity contribution in [1.82, 2.24) is 20.0 Å². The molecule has 0 atom stereocenters. The van der Waals surface area contributed by atoms with Gasteiger partial charge in [0.15, 0.2) is 5.11 Å². The molecule has 0 radical (unpaired) electrons. The van der Waals surface area contributed by atoms with Crippen molar-refractivity contribution in [3.8, 4) is 5.75 Å². The van der Waals surface area contributed by atoms with Gasteiger partial charge < -0.3 is 30.5 Å². The molecule has 35 heavy (non-hydrogen) atoms. The first-order valence-corrected chi connectivity index (χ1v) is 13.1. The van der Waals surface area contributed by atoms with E-state index in [1.165, 1.54) is 7.11 Å². The lowest BCUT2D eigenvalue weighted by molar-refractivity contribution is 0.0895. The molecule has 3 rings (SSSR count). The monoisotopic (exact) mass is 519 g/mol. The van der Waals surface area contributed by atoms with Crippen molar-refractivity contribution in [2.24, 2.45) is 5.92 Å². The summed E-state index contributed by atoms with van der Waals surface area (Å²) in [5, 5.41) is 4.40. The van der Waals surface area contributed by atoms with Gasteiger partial charge in [0.25, 0.3) is 5.91 Å². The third-order valence-electron chi connectivity index (χ3n) is 6.86. The average molecular weight is 520 g/mol. The number of anilines is 1. The lowest BCUT2D eigenvalue weighted by atomic mass is 9.95. The lowest BCUT2D eigenvalue weighted by Gasteiger charge is -2.40. The van der Waals surface area contributed by atoms with Crippen molar-refractivity contribution in [2.45, 2.75) is 31.7 Å². The quantitative estimate of drug-likeness (QED) is 0.292. The van der Waals surface area contributed by atoms with E-state index in [-0.39, 0.29) is 11.9 Å². The minimum absolute atomic E-state index is 0.139. The highest BCUT2D eigenvalue weighted by Gasteiger charge is 2.27. The molecular weight excluding hydrogens is 482 g/mol. The maximum atomic E-state index is 12.8. The Morgan fingerprint density at radius 2 is 1.83 bits per heavy atom. The highest BCUT2D eigenvalue weighted by molar-refractivity contribution is 7.80. The van der Waals surface area contributed by atoms with E-state index in [9.17, 15) is 4.79 Å². The van der Waals surface area contributed by atoms with Gasteiger partial charge in [-0.25, -0.2) is 0 Å². The van der Waals surface area contributed by atoms with Crippen molar-refractivity contribution >= 4 is 40.5 Å². The van der Waals surface area contributed by atoms with Crippen LogP contribution in [0.5, 0.6) is 5.75 Å². The Morgan fingerprint density at radius 3 is 2.40 bits per heavy atom. The number of carbonyl (C=O) groups excluding carboxylic acids is 1. The van der Waals surface area contributed by atoms with Gasteiger partial charge in [-0.1, -0.05) is 23.8 Å². The zero-order chi connectivity index (χ0) is 25.4. The van der Waals surface area contributed by atoms with E-state index in [4.69, 9.17) is 34.3 Å². The molecule has 2 fully saturated rings. The SMILES string of the molecule is C=CCN(CC=C)C(=S)N1CCC(CN2CCC(NC(=O)c3cc(Cl)c(N)cc3OC)CC2)CC1. The molecule has 0 aromatic heterocycles. The Bertz CT molecular complexity index is 901. The second-order valence-corrected chi connectivity index (χ2v) is 10.1. The lowest BCUT2D eigenvalue weighted by Crippen LogP contribution is -2.49. The third kappa shape index (κ3) is 7.35. The summed E-state index contributed by atoms with van der Waals surface area (Å²) >= 11 is 11.9. The van der Waals surface area contributed by atoms with Gasteiger partial charge in [-0.2, -0.15) is 0 Å². The van der Waals surface area contributed by atoms with Crippen LogP contribution >= 0.6 is 23.8 Å². The largest absolute Gasteiger partial charge is 0.496 e. The van der Waals surface area contributed by atoms with Crippen LogP contribution in [-0.2, 0) is 0 Å². The van der Waals surface area contributed by atoms with E-state index in [2.05, 4.69) is 33.2 Å². The number of hydrogen-bond donors (Lipinski definition) is 2. The highest BCUT2D eigenvalue weighted by atomic mass is 35.5. The minimum Gasteiger partial charge on any atom is -0.496 e. The summed E-state index contributed by atoms with van der Waals surface area (Å²) in [7, 11) is 1.52. The fraction of sp³-hybridized carbons (Fsp3) is 0.538. The number of ether oxygens (including phenoxy) is 1. The number of benzene rings is 1. The zero-order valence-electron chi connectivity index (χ0n) is 20.7. The molecule has 1 amide bonds. The maximum absolute atomic E-state index is 12.8. The number of methoxy groups -OCH3 is 1. The van der Waals surface area contributed by atoms with Gasteiger partial charge in [0.1, 0.15) is 5.75 Å². The van der Waals surface area contributed by atoms with Crippen LogP contribution in [0.4, 0.5) is 5.69 Å². The Morgan fingerprint density at radius 1 is 1.20 bits per heavy atom. The zero-order valence-corrected chi connectivity index (χ0v) is 22.3. The van der Waals surface area contributed by atoms with Crippen LogP contribution < -0.4 is 15.8 Å². The first-order valence-electron chi connectivity index (χ1n) is 12.3. The predicted octanol–water partition coefficient (Wildman–Crippen LogP) is 3.80. The molecule has 0 aliphatic carbocycles. The molecule has 1 aromatic carbocycles. The smallest absolute Gasteiger partial charge is 0.255 e. The summed E-state index contributed by atoms with van der Waals surface area (Å²) in [6, 6.07) is 3.31. The predicted molar refractivity (Wildman–Crippen MR) is 148 cm³/mol. The van der Waals surface area contributed by atoms with Crippen LogP contribution in [0.25, 0.3) is 0 Å². The van der Waals surface area contributed by atoms with Gasteiger partial charge in [0.2, 0.25) is 0 Å². The summed E-state index contributed by atoms with van der Waals surface area (Å²) in [6.45, 7) is 14.2. The van der Waals surface area contributed by atoms with Gasteiger partial charge in [-0.05, 0) is 49.9 Å². The standard InChI is InChI=1S/C26H38ClN5O2S/c1-4-10-31(11-5-2)26(35)32-14-6-19(7-15-32)18-30-12-8-20(9-13-30)29-25(33)21-16-22(27)23(28)17-24(21)34-3/h4-5,16-17,19-20H,1-2,6-15,18,28H2,3H3,(H,29,33). The molecule has 0 bridgehead atoms. The van der Waals surface area contributed by atoms with E-state index >= 15 is 0 Å². The van der Waals surface area contributed by atoms with E-state index in [0.717, 1.165) is 76.6 Å². The summed E-state index contributed by atoms with van der Waals surface area (Å²) in [4.78, 5) is 19.8. The van der Waals surface area contributed by atoms with Gasteiger partial charge in [0.05, 0.1) is 23.4 Å². The van der Waals surface area contributed by atoms with Crippen LogP contribution in [0.2, 0.25) is 5.02 Å². The summed E-state index contributed by atoms with van der Waals surface area (Å²) < 4.78 is 5.32. The van der Waals surface area contributed by atoms with Crippen LogP contribution in [0, 0.1) is 5.92 Å². The van der Waals surface area contributed by atoms with Gasteiger partial charge in [-0.15, -0.1) is 13.2 Å². The molecule has 7 nitrogen and oxygen atoms in total. The van der Waals surface area contributed by atoms with Crippen molar-refractivity contribution in [2.75, 3.05) is 58.7 Å². The number of nitrogens with two attached hydrogens (primary N) is 1. The molecular formula is C26H38ClN5O2S. The summed E-state index contributed by atoms with van der Waals surface area (Å²) in [6.07, 6.45) is 7.91. The third-order valence-corrected chi connectivity index (χ3v) is 7.70. The molecule has 2 heterocycles. The second-order valence-electron chi connectivity index (χ2n) is 9.32. The second kappa shape index (κ2) is 13.1. The number of likely N-dealkylation sites (tertiary alicyclic amines) is 2. The highest BCUT2D eigenvalue weighted by Crippen LogP contribution is 2.29. The van der Waals surface area contributed by atoms with Crippen molar-refractivity contribution in [3.05, 3.63) is 48.0 Å². The molecule has 0 saturated carbocycles. The first kappa shape index (κ1) is 27.3. The van der Waals surface area contributed by atoms with E-state index in [1.807, 2.05) is 12.2 Å². The first-order chi connectivity index (χ1) is 16.9. The molecule has 192 valence electrons. The van der Waals surface area contributed by atoms with Crippen molar-refractivity contribution < 1.29 is 9.53 Å². The van der Waals surface area contributed by atoms with E-state index in [1.54, 1.807) is 12.1 Å². The Kier molecular flexibility index (Phi) is 10.2. The normalized spacial score (nSPS) is 17.6. The van der Waals surface area contributed by atoms with Crippen molar-refractivity contribution in [1.29, 1.82) is 0 Å². The number of nitrogen functional groups attached to an aromatic ring is 1. The van der Waals surface area contributed by atoms with Crippen LogP contribution in [-0.4, -0.2) is 84.7 Å². The number of piperidine rings is 2. The Hall–Kier alpha value is -2.29. The van der Waals surface area contributed by atoms with Gasteiger partial charge in [0, 0.05) is 57.9 Å². The number of nitrogens with zero attached hydrogens (tertiary/aromatic N) is 3.